The Bertz CT molecular complexity index is 530. The maximum Gasteiger partial charge on any atom is 0.273 e. The molecular formula is C11H16N2O5S. The van der Waals surface area contributed by atoms with Crippen molar-refractivity contribution in [2.45, 2.75) is 19.3 Å². The molecule has 106 valence electrons. The molecule has 0 saturated carbocycles. The van der Waals surface area contributed by atoms with Gasteiger partial charge in [0.25, 0.3) is 5.69 Å². The van der Waals surface area contributed by atoms with E-state index in [0.29, 0.717) is 31.6 Å². The molecule has 1 rings (SSSR count). The average Bonchev–Trinajstić information content (AvgIpc) is 2.32. The predicted molar refractivity (Wildman–Crippen MR) is 70.4 cm³/mol. The van der Waals surface area contributed by atoms with E-state index in [4.69, 9.17) is 9.88 Å². The van der Waals surface area contributed by atoms with Crippen LogP contribution in [0.5, 0.6) is 5.75 Å². The average molecular weight is 288 g/mol. The third-order valence-corrected chi connectivity index (χ3v) is 3.23. The Labute approximate surface area is 111 Å². The minimum Gasteiger partial charge on any atom is -0.493 e. The number of ether oxygens (including phenoxy) is 1. The first-order valence-electron chi connectivity index (χ1n) is 5.76. The standard InChI is InChI=1S/C11H16N2O5S/c12-19(16,17)8-3-1-2-7-18-11-6-4-5-10(9-11)13(14)15/h4-6,9H,1-3,7-8H2,(H2,12,16,17). The zero-order valence-electron chi connectivity index (χ0n) is 10.3. The van der Waals surface area contributed by atoms with Gasteiger partial charge in [0.1, 0.15) is 5.75 Å². The maximum atomic E-state index is 10.7. The van der Waals surface area contributed by atoms with E-state index < -0.39 is 14.9 Å². The van der Waals surface area contributed by atoms with Gasteiger partial charge < -0.3 is 4.74 Å². The first kappa shape index (κ1) is 15.4. The van der Waals surface area contributed by atoms with Crippen molar-refractivity contribution in [3.05, 3.63) is 34.4 Å². The summed E-state index contributed by atoms with van der Waals surface area (Å²) in [6.45, 7) is 0.381. The molecule has 0 unspecified atom stereocenters. The van der Waals surface area contributed by atoms with E-state index in [1.807, 2.05) is 0 Å². The van der Waals surface area contributed by atoms with Crippen molar-refractivity contribution < 1.29 is 18.1 Å². The zero-order chi connectivity index (χ0) is 14.3. The van der Waals surface area contributed by atoms with E-state index in [0.717, 1.165) is 0 Å². The van der Waals surface area contributed by atoms with Gasteiger partial charge in [-0.3, -0.25) is 10.1 Å². The first-order valence-corrected chi connectivity index (χ1v) is 7.48. The Hall–Kier alpha value is -1.67. The Kier molecular flexibility index (Phi) is 5.71. The molecule has 7 nitrogen and oxygen atoms in total. The van der Waals surface area contributed by atoms with Crippen LogP contribution in [0.4, 0.5) is 5.69 Å². The van der Waals surface area contributed by atoms with Crippen molar-refractivity contribution in [3.63, 3.8) is 0 Å². The van der Waals surface area contributed by atoms with E-state index >= 15 is 0 Å². The molecule has 0 saturated heterocycles. The lowest BCUT2D eigenvalue weighted by Crippen LogP contribution is -2.16. The summed E-state index contributed by atoms with van der Waals surface area (Å²) in [4.78, 5) is 10.1. The van der Waals surface area contributed by atoms with Crippen LogP contribution in [0.25, 0.3) is 0 Å². The number of sulfonamides is 1. The fraction of sp³-hybridized carbons (Fsp3) is 0.455. The molecule has 0 atom stereocenters. The highest BCUT2D eigenvalue weighted by molar-refractivity contribution is 7.89. The fourth-order valence-corrected chi connectivity index (χ4v) is 2.07. The number of nitrogens with zero attached hydrogens (tertiary/aromatic N) is 1. The summed E-state index contributed by atoms with van der Waals surface area (Å²) in [5.41, 5.74) is -0.0216. The number of nitro groups is 1. The van der Waals surface area contributed by atoms with Crippen LogP contribution in [0.15, 0.2) is 24.3 Å². The largest absolute Gasteiger partial charge is 0.493 e. The van der Waals surface area contributed by atoms with Crippen molar-refractivity contribution in [2.75, 3.05) is 12.4 Å². The fourth-order valence-electron chi connectivity index (χ4n) is 1.46. The van der Waals surface area contributed by atoms with Gasteiger partial charge in [-0.25, -0.2) is 13.6 Å². The molecular weight excluding hydrogens is 272 g/mol. The summed E-state index contributed by atoms with van der Waals surface area (Å²) in [6, 6.07) is 5.93. The van der Waals surface area contributed by atoms with Gasteiger partial charge in [-0.15, -0.1) is 0 Å². The molecule has 2 N–H and O–H groups in total. The lowest BCUT2D eigenvalue weighted by atomic mass is 10.2. The molecule has 0 heterocycles. The van der Waals surface area contributed by atoms with Gasteiger partial charge in [0.2, 0.25) is 10.0 Å². The summed E-state index contributed by atoms with van der Waals surface area (Å²) in [6.07, 6.45) is 1.82. The molecule has 1 aromatic carbocycles. The molecule has 0 radical (unpaired) electrons. The van der Waals surface area contributed by atoms with E-state index in [9.17, 15) is 18.5 Å². The highest BCUT2D eigenvalue weighted by Gasteiger charge is 2.06. The molecule has 0 aromatic heterocycles. The van der Waals surface area contributed by atoms with Gasteiger partial charge >= 0.3 is 0 Å². The minimum atomic E-state index is -3.39. The predicted octanol–water partition coefficient (Wildman–Crippen LogP) is 1.43. The van der Waals surface area contributed by atoms with Gasteiger partial charge in [-0.1, -0.05) is 6.07 Å². The summed E-state index contributed by atoms with van der Waals surface area (Å²) >= 11 is 0. The van der Waals surface area contributed by atoms with Gasteiger partial charge in [0.15, 0.2) is 0 Å². The second-order valence-corrected chi connectivity index (χ2v) is 5.76. The minimum absolute atomic E-state index is 0.0216. The first-order chi connectivity index (χ1) is 8.88. The number of non-ortho nitro benzene ring substituents is 1. The second-order valence-electron chi connectivity index (χ2n) is 4.03. The van der Waals surface area contributed by atoms with Crippen molar-refractivity contribution >= 4 is 15.7 Å². The van der Waals surface area contributed by atoms with Crippen LogP contribution in [-0.4, -0.2) is 25.7 Å². The van der Waals surface area contributed by atoms with Gasteiger partial charge in [0, 0.05) is 6.07 Å². The highest BCUT2D eigenvalue weighted by Crippen LogP contribution is 2.19. The zero-order valence-corrected chi connectivity index (χ0v) is 11.1. The van der Waals surface area contributed by atoms with E-state index in [2.05, 4.69) is 0 Å². The van der Waals surface area contributed by atoms with Gasteiger partial charge in [0.05, 0.1) is 23.3 Å². The number of rotatable bonds is 8. The van der Waals surface area contributed by atoms with Crippen LogP contribution in [-0.2, 0) is 10.0 Å². The van der Waals surface area contributed by atoms with Crippen molar-refractivity contribution in [1.82, 2.24) is 0 Å². The summed E-state index contributed by atoms with van der Waals surface area (Å²) in [7, 11) is -3.39. The number of primary sulfonamides is 1. The van der Waals surface area contributed by atoms with Gasteiger partial charge in [-0.05, 0) is 25.3 Å². The Balaban J connectivity index is 2.26. The lowest BCUT2D eigenvalue weighted by Gasteiger charge is -2.05. The third kappa shape index (κ3) is 6.73. The molecule has 1 aromatic rings. The highest BCUT2D eigenvalue weighted by atomic mass is 32.2. The molecule has 0 aliphatic carbocycles. The van der Waals surface area contributed by atoms with Crippen molar-refractivity contribution in [3.8, 4) is 5.75 Å². The SMILES string of the molecule is NS(=O)(=O)CCCCCOc1cccc([N+](=O)[O-])c1. The maximum absolute atomic E-state index is 10.7. The Morgan fingerprint density at radius 3 is 2.63 bits per heavy atom. The topological polar surface area (TPSA) is 113 Å². The smallest absolute Gasteiger partial charge is 0.273 e. The monoisotopic (exact) mass is 288 g/mol. The van der Waals surface area contributed by atoms with E-state index in [1.165, 1.54) is 12.1 Å². The van der Waals surface area contributed by atoms with Crippen LogP contribution >= 0.6 is 0 Å². The molecule has 19 heavy (non-hydrogen) atoms. The summed E-state index contributed by atoms with van der Waals surface area (Å²) < 4.78 is 26.7. The van der Waals surface area contributed by atoms with E-state index in [1.54, 1.807) is 12.1 Å². The second kappa shape index (κ2) is 7.05. The van der Waals surface area contributed by atoms with Crippen LogP contribution < -0.4 is 9.88 Å². The van der Waals surface area contributed by atoms with Crippen molar-refractivity contribution in [2.24, 2.45) is 5.14 Å². The quantitative estimate of drug-likeness (QED) is 0.441. The molecule has 8 heteroatoms. The number of nitro benzene ring substituents is 1. The number of hydrogen-bond donors (Lipinski definition) is 1. The van der Waals surface area contributed by atoms with Crippen LogP contribution in [0, 0.1) is 10.1 Å². The normalized spacial score (nSPS) is 11.2. The molecule has 0 spiro atoms. The van der Waals surface area contributed by atoms with Crippen LogP contribution in [0.3, 0.4) is 0 Å². The number of unbranched alkanes of at least 4 members (excludes halogenated alkanes) is 2. The third-order valence-electron chi connectivity index (χ3n) is 2.37. The Morgan fingerprint density at radius 1 is 1.26 bits per heavy atom. The molecule has 0 aliphatic rings. The number of hydrogen-bond acceptors (Lipinski definition) is 5. The molecule has 0 bridgehead atoms. The summed E-state index contributed by atoms with van der Waals surface area (Å²) in [5, 5.41) is 15.4. The van der Waals surface area contributed by atoms with E-state index in [-0.39, 0.29) is 11.4 Å². The Morgan fingerprint density at radius 2 is 2.00 bits per heavy atom. The van der Waals surface area contributed by atoms with Crippen LogP contribution in [0.2, 0.25) is 0 Å². The lowest BCUT2D eigenvalue weighted by molar-refractivity contribution is -0.384. The summed E-state index contributed by atoms with van der Waals surface area (Å²) in [5.74, 6) is 0.393. The number of nitrogens with two attached hydrogens (primary N) is 1. The van der Waals surface area contributed by atoms with Gasteiger partial charge in [-0.2, -0.15) is 0 Å². The van der Waals surface area contributed by atoms with Crippen molar-refractivity contribution in [1.29, 1.82) is 0 Å². The number of benzene rings is 1. The molecule has 0 aliphatic heterocycles. The van der Waals surface area contributed by atoms with Crippen LogP contribution in [0.1, 0.15) is 19.3 Å². The molecule has 0 fully saturated rings. The molecule has 0 amide bonds.